The van der Waals surface area contributed by atoms with Crippen LogP contribution in [0.4, 0.5) is 10.5 Å². The number of anilines is 1. The maximum absolute atomic E-state index is 12.4. The average molecular weight is 546 g/mol. The summed E-state index contributed by atoms with van der Waals surface area (Å²) in [6, 6.07) is 51.0. The fraction of sp³-hybridized carbons (Fsp3) is 0.139. The molecule has 0 heterocycles. The van der Waals surface area contributed by atoms with Gasteiger partial charge in [-0.15, -0.1) is 0 Å². The normalized spacial score (nSPS) is 11.5. The van der Waals surface area contributed by atoms with E-state index in [-0.39, 0.29) is 0 Å². The molecule has 0 aliphatic heterocycles. The third-order valence-corrected chi connectivity index (χ3v) is 12.5. The molecule has 0 unspecified atom stereocenters. The predicted octanol–water partition coefficient (Wildman–Crippen LogP) is 7.80. The Morgan fingerprint density at radius 2 is 0.975 bits per heavy atom. The van der Waals surface area contributed by atoms with Gasteiger partial charge < -0.3 is 0 Å². The van der Waals surface area contributed by atoms with E-state index in [1.165, 1.54) is 15.9 Å². The van der Waals surface area contributed by atoms with Gasteiger partial charge in [-0.2, -0.15) is 0 Å². The molecule has 0 fully saturated rings. The number of carbonyl (C=O) groups is 1. The van der Waals surface area contributed by atoms with E-state index in [4.69, 9.17) is 4.74 Å². The van der Waals surface area contributed by atoms with Gasteiger partial charge in [-0.05, 0) is 5.56 Å². The summed E-state index contributed by atoms with van der Waals surface area (Å²) in [7, 11) is -2.21. The summed E-state index contributed by atoms with van der Waals surface area (Å²) in [5, 5.41) is 7.14. The van der Waals surface area contributed by atoms with Crippen molar-refractivity contribution in [1.82, 2.24) is 0 Å². The zero-order valence-corrected chi connectivity index (χ0v) is 23.7. The van der Waals surface area contributed by atoms with Crippen LogP contribution < -0.4 is 21.2 Å². The van der Waals surface area contributed by atoms with Crippen LogP contribution in [0.15, 0.2) is 146 Å². The van der Waals surface area contributed by atoms with Crippen molar-refractivity contribution in [2.24, 2.45) is 0 Å². The molecule has 0 bridgehead atoms. The molecule has 5 aromatic rings. The van der Waals surface area contributed by atoms with Gasteiger partial charge in [0, 0.05) is 0 Å². The van der Waals surface area contributed by atoms with E-state index in [1.807, 2.05) is 42.5 Å². The van der Waals surface area contributed by atoms with Crippen molar-refractivity contribution in [3.8, 4) is 11.1 Å². The van der Waals surface area contributed by atoms with Crippen LogP contribution in [0.2, 0.25) is 0 Å². The van der Waals surface area contributed by atoms with Gasteiger partial charge in [0.05, 0.1) is 0 Å². The van der Waals surface area contributed by atoms with Crippen molar-refractivity contribution in [2.75, 3.05) is 18.1 Å². The number of unbranched alkanes of at least 4 members (excludes halogenated alkanes) is 2. The Morgan fingerprint density at radius 1 is 0.525 bits per heavy atom. The Balaban J connectivity index is 1.17. The van der Waals surface area contributed by atoms with Gasteiger partial charge in [0.25, 0.3) is 0 Å². The van der Waals surface area contributed by atoms with E-state index in [1.54, 1.807) is 0 Å². The molecule has 0 radical (unpaired) electrons. The molecule has 0 atom stereocenters. The number of rotatable bonds is 11. The molecule has 0 aromatic heterocycles. The van der Waals surface area contributed by atoms with Gasteiger partial charge in [0.1, 0.15) is 0 Å². The summed E-state index contributed by atoms with van der Waals surface area (Å²) in [4.78, 5) is 12.4. The zero-order valence-electron chi connectivity index (χ0n) is 22.7. The van der Waals surface area contributed by atoms with Crippen LogP contribution in [0.1, 0.15) is 19.3 Å². The molecule has 5 aromatic carbocycles. The third kappa shape index (κ3) is 6.68. The Morgan fingerprint density at radius 3 is 1.48 bits per heavy atom. The van der Waals surface area contributed by atoms with Gasteiger partial charge >= 0.3 is 203 Å². The monoisotopic (exact) mass is 545 g/mol. The average Bonchev–Trinajstić information content (AvgIpc) is 3.03. The van der Waals surface area contributed by atoms with Crippen molar-refractivity contribution >= 4 is 35.0 Å². The molecule has 202 valence electrons. The van der Waals surface area contributed by atoms with E-state index >= 15 is 0 Å². The molecule has 5 rings (SSSR count). The fourth-order valence-electron chi connectivity index (χ4n) is 5.47. The number of carbonyl (C=O) groups excluding carboxylic acids is 1. The van der Waals surface area contributed by atoms with Gasteiger partial charge in [-0.25, -0.2) is 0 Å². The number of ether oxygens (including phenoxy) is 1. The summed E-state index contributed by atoms with van der Waals surface area (Å²) in [6.07, 6.45) is 3.60. The SMILES string of the molecule is O=C(Nc1ccc(-c2ccccc2)cc1)OCCCCC[PH](c1ccccc1)(c1ccccc1)c1ccccc1. The molecule has 1 N–H and O–H groups in total. The van der Waals surface area contributed by atoms with Crippen molar-refractivity contribution < 1.29 is 9.53 Å². The second-order valence-corrected chi connectivity index (χ2v) is 14.1. The summed E-state index contributed by atoms with van der Waals surface area (Å²) in [6.45, 7) is 0.407. The second kappa shape index (κ2) is 13.7. The summed E-state index contributed by atoms with van der Waals surface area (Å²) in [5.41, 5.74) is 2.99. The van der Waals surface area contributed by atoms with Crippen LogP contribution in [0.5, 0.6) is 0 Å². The molecule has 1 amide bonds. The van der Waals surface area contributed by atoms with E-state index in [2.05, 4.69) is 108 Å². The predicted molar refractivity (Wildman–Crippen MR) is 172 cm³/mol. The van der Waals surface area contributed by atoms with E-state index < -0.39 is 13.4 Å². The van der Waals surface area contributed by atoms with Crippen molar-refractivity contribution in [2.45, 2.75) is 19.3 Å². The van der Waals surface area contributed by atoms with E-state index in [0.717, 1.165) is 42.2 Å². The standard InChI is InChI=1S/C36H36NO2P/c38-36(37-32-26-24-31(25-27-32)30-16-6-1-7-17-30)39-28-14-5-15-29-40(33-18-8-2-9-19-33,34-20-10-3-11-21-34)35-22-12-4-13-23-35/h1-4,6-13,16-27,40H,5,14-15,28-29H2,(H,37,38). The molecule has 3 nitrogen and oxygen atoms in total. The molecular weight excluding hydrogens is 509 g/mol. The Bertz CT molecular complexity index is 1360. The molecule has 0 saturated carbocycles. The number of hydrogen-bond acceptors (Lipinski definition) is 2. The van der Waals surface area contributed by atoms with Gasteiger partial charge in [0.2, 0.25) is 0 Å². The number of nitrogens with one attached hydrogen (secondary N) is 1. The molecular formula is C36H36NO2P. The van der Waals surface area contributed by atoms with Crippen LogP contribution in [-0.2, 0) is 4.74 Å². The minimum atomic E-state index is -2.21. The van der Waals surface area contributed by atoms with Gasteiger partial charge in [-0.3, -0.25) is 0 Å². The fourth-order valence-corrected chi connectivity index (χ4v) is 10.4. The first-order valence-electron chi connectivity index (χ1n) is 14.0. The van der Waals surface area contributed by atoms with Crippen molar-refractivity contribution in [3.63, 3.8) is 0 Å². The number of hydrogen-bond donors (Lipinski definition) is 1. The second-order valence-electron chi connectivity index (χ2n) is 10.0. The topological polar surface area (TPSA) is 38.3 Å². The quantitative estimate of drug-likeness (QED) is 0.136. The summed E-state index contributed by atoms with van der Waals surface area (Å²) < 4.78 is 5.51. The first-order valence-corrected chi connectivity index (χ1v) is 16.2. The molecule has 0 aliphatic rings. The van der Waals surface area contributed by atoms with E-state index in [9.17, 15) is 4.79 Å². The van der Waals surface area contributed by atoms with Crippen LogP contribution >= 0.6 is 7.26 Å². The minimum absolute atomic E-state index is 0.407. The molecule has 0 spiro atoms. The van der Waals surface area contributed by atoms with E-state index in [0.29, 0.717) is 6.61 Å². The van der Waals surface area contributed by atoms with Crippen molar-refractivity contribution in [1.29, 1.82) is 0 Å². The summed E-state index contributed by atoms with van der Waals surface area (Å²) >= 11 is 0. The molecule has 40 heavy (non-hydrogen) atoms. The maximum atomic E-state index is 12.4. The van der Waals surface area contributed by atoms with Crippen LogP contribution in [-0.4, -0.2) is 18.9 Å². The first-order chi connectivity index (χ1) is 19.8. The van der Waals surface area contributed by atoms with Crippen LogP contribution in [0.25, 0.3) is 11.1 Å². The Labute approximate surface area is 238 Å². The number of benzene rings is 5. The van der Waals surface area contributed by atoms with Gasteiger partial charge in [0.15, 0.2) is 0 Å². The Hall–Kier alpha value is -4.20. The molecule has 4 heteroatoms. The van der Waals surface area contributed by atoms with Gasteiger partial charge in [-0.1, -0.05) is 30.3 Å². The zero-order chi connectivity index (χ0) is 27.5. The summed E-state index contributed by atoms with van der Waals surface area (Å²) in [5.74, 6) is 0. The molecule has 0 aliphatic carbocycles. The Kier molecular flexibility index (Phi) is 9.40. The molecule has 0 saturated heterocycles. The first kappa shape index (κ1) is 27.4. The van der Waals surface area contributed by atoms with Crippen LogP contribution in [0, 0.1) is 0 Å². The number of amides is 1. The van der Waals surface area contributed by atoms with Crippen molar-refractivity contribution in [3.05, 3.63) is 146 Å². The third-order valence-electron chi connectivity index (χ3n) is 7.47. The van der Waals surface area contributed by atoms with Crippen LogP contribution in [0.3, 0.4) is 0 Å².